The Morgan fingerprint density at radius 2 is 2.14 bits per heavy atom. The zero-order chi connectivity index (χ0) is 15.4. The van der Waals surface area contributed by atoms with Crippen LogP contribution in [0.5, 0.6) is 0 Å². The number of benzene rings is 1. The summed E-state index contributed by atoms with van der Waals surface area (Å²) in [6.07, 6.45) is 3.56. The topological polar surface area (TPSA) is 45.5 Å². The molecule has 0 saturated carbocycles. The first-order valence-electron chi connectivity index (χ1n) is 7.51. The van der Waals surface area contributed by atoms with Gasteiger partial charge in [0.25, 0.3) is 0 Å². The van der Waals surface area contributed by atoms with Crippen molar-refractivity contribution in [3.8, 4) is 0 Å². The Kier molecular flexibility index (Phi) is 4.80. The maximum absolute atomic E-state index is 12.4. The van der Waals surface area contributed by atoms with Crippen LogP contribution in [0.4, 0.5) is 0 Å². The number of rotatable bonds is 5. The van der Waals surface area contributed by atoms with Gasteiger partial charge in [-0.05, 0) is 49.2 Å². The zero-order valence-corrected chi connectivity index (χ0v) is 13.1. The van der Waals surface area contributed by atoms with E-state index in [1.54, 1.807) is 6.26 Å². The van der Waals surface area contributed by atoms with Crippen molar-refractivity contribution in [3.63, 3.8) is 0 Å². The fourth-order valence-electron chi connectivity index (χ4n) is 2.84. The maximum Gasteiger partial charge on any atom is 0.237 e. The minimum absolute atomic E-state index is 0.0642. The highest BCUT2D eigenvalue weighted by Crippen LogP contribution is 2.21. The summed E-state index contributed by atoms with van der Waals surface area (Å²) in [5, 5.41) is 3.69. The van der Waals surface area contributed by atoms with Crippen LogP contribution in [0.1, 0.15) is 24.2 Å². The molecule has 1 saturated heterocycles. The van der Waals surface area contributed by atoms with Crippen LogP contribution in [0.3, 0.4) is 0 Å². The number of likely N-dealkylation sites (tertiary alicyclic amines) is 1. The molecule has 1 aromatic heterocycles. The average molecular weight is 319 g/mol. The van der Waals surface area contributed by atoms with E-state index >= 15 is 0 Å². The molecule has 1 amide bonds. The molecular weight excluding hydrogens is 300 g/mol. The van der Waals surface area contributed by atoms with Crippen molar-refractivity contribution in [1.29, 1.82) is 0 Å². The van der Waals surface area contributed by atoms with Gasteiger partial charge in [-0.1, -0.05) is 23.7 Å². The molecule has 0 spiro atoms. The highest BCUT2D eigenvalue weighted by molar-refractivity contribution is 6.30. The summed E-state index contributed by atoms with van der Waals surface area (Å²) in [4.78, 5) is 14.6. The number of nitrogens with one attached hydrogen (secondary N) is 1. The smallest absolute Gasteiger partial charge is 0.237 e. The summed E-state index contributed by atoms with van der Waals surface area (Å²) in [5.41, 5.74) is 1.18. The van der Waals surface area contributed by atoms with Crippen LogP contribution in [0.15, 0.2) is 47.1 Å². The molecule has 0 aliphatic carbocycles. The molecule has 3 rings (SSSR count). The second-order valence-electron chi connectivity index (χ2n) is 5.55. The van der Waals surface area contributed by atoms with Crippen molar-refractivity contribution in [2.75, 3.05) is 6.54 Å². The van der Waals surface area contributed by atoms with Gasteiger partial charge in [0.05, 0.1) is 18.8 Å². The number of carbonyl (C=O) groups excluding carboxylic acids is 1. The molecule has 4 nitrogen and oxygen atoms in total. The third-order valence-electron chi connectivity index (χ3n) is 3.98. The number of nitrogens with zero attached hydrogens (tertiary/aromatic N) is 1. The van der Waals surface area contributed by atoms with E-state index in [4.69, 9.17) is 16.0 Å². The van der Waals surface area contributed by atoms with Gasteiger partial charge in [0, 0.05) is 11.6 Å². The van der Waals surface area contributed by atoms with Crippen LogP contribution < -0.4 is 5.32 Å². The van der Waals surface area contributed by atoms with Crippen molar-refractivity contribution in [3.05, 3.63) is 59.0 Å². The summed E-state index contributed by atoms with van der Waals surface area (Å²) < 4.78 is 5.24. The molecule has 5 heteroatoms. The molecule has 1 fully saturated rings. The standard InChI is InChI=1S/C17H19ClN2O2/c18-14-7-5-13(6-8-14)12-20-9-1-4-16(20)17(21)19-11-15-3-2-10-22-15/h2-3,5-8,10,16H,1,4,9,11-12H2,(H,19,21). The molecule has 22 heavy (non-hydrogen) atoms. The van der Waals surface area contributed by atoms with E-state index in [0.717, 1.165) is 36.7 Å². The van der Waals surface area contributed by atoms with Gasteiger partial charge < -0.3 is 9.73 Å². The first-order valence-corrected chi connectivity index (χ1v) is 7.89. The second kappa shape index (κ2) is 6.99. The van der Waals surface area contributed by atoms with Gasteiger partial charge in [-0.2, -0.15) is 0 Å². The first-order chi connectivity index (χ1) is 10.7. The van der Waals surface area contributed by atoms with Gasteiger partial charge in [0.15, 0.2) is 0 Å². The number of carbonyl (C=O) groups is 1. The fourth-order valence-corrected chi connectivity index (χ4v) is 2.97. The van der Waals surface area contributed by atoms with E-state index in [1.807, 2.05) is 36.4 Å². The lowest BCUT2D eigenvalue weighted by Crippen LogP contribution is -2.42. The molecule has 116 valence electrons. The van der Waals surface area contributed by atoms with Gasteiger partial charge >= 0.3 is 0 Å². The zero-order valence-electron chi connectivity index (χ0n) is 12.3. The Morgan fingerprint density at radius 3 is 2.86 bits per heavy atom. The molecule has 0 bridgehead atoms. The largest absolute Gasteiger partial charge is 0.467 e. The van der Waals surface area contributed by atoms with Gasteiger partial charge in [-0.3, -0.25) is 9.69 Å². The quantitative estimate of drug-likeness (QED) is 0.920. The second-order valence-corrected chi connectivity index (χ2v) is 5.99. The van der Waals surface area contributed by atoms with Crippen LogP contribution in [0, 0.1) is 0 Å². The molecule has 1 N–H and O–H groups in total. The van der Waals surface area contributed by atoms with E-state index in [-0.39, 0.29) is 11.9 Å². The van der Waals surface area contributed by atoms with Crippen molar-refractivity contribution in [2.45, 2.75) is 32.0 Å². The Morgan fingerprint density at radius 1 is 1.32 bits per heavy atom. The lowest BCUT2D eigenvalue weighted by atomic mass is 10.1. The number of amides is 1. The number of hydrogen-bond acceptors (Lipinski definition) is 3. The third-order valence-corrected chi connectivity index (χ3v) is 4.23. The molecule has 1 aromatic carbocycles. The lowest BCUT2D eigenvalue weighted by Gasteiger charge is -2.23. The summed E-state index contributed by atoms with van der Waals surface area (Å²) in [5.74, 6) is 0.846. The number of halogens is 1. The molecule has 0 radical (unpaired) electrons. The summed E-state index contributed by atoms with van der Waals surface area (Å²) in [6, 6.07) is 11.4. The molecule has 2 aromatic rings. The normalized spacial score (nSPS) is 18.5. The molecule has 1 aliphatic rings. The van der Waals surface area contributed by atoms with Crippen LogP contribution >= 0.6 is 11.6 Å². The van der Waals surface area contributed by atoms with Crippen molar-refractivity contribution in [2.24, 2.45) is 0 Å². The minimum Gasteiger partial charge on any atom is -0.467 e. The summed E-state index contributed by atoms with van der Waals surface area (Å²) in [7, 11) is 0. The van der Waals surface area contributed by atoms with E-state index < -0.39 is 0 Å². The first kappa shape index (κ1) is 15.1. The van der Waals surface area contributed by atoms with Crippen molar-refractivity contribution >= 4 is 17.5 Å². The van der Waals surface area contributed by atoms with Crippen molar-refractivity contribution < 1.29 is 9.21 Å². The fraction of sp³-hybridized carbons (Fsp3) is 0.353. The van der Waals surface area contributed by atoms with Gasteiger partial charge in [0.2, 0.25) is 5.91 Å². The third kappa shape index (κ3) is 3.70. The predicted molar refractivity (Wildman–Crippen MR) is 85.4 cm³/mol. The van der Waals surface area contributed by atoms with E-state index in [0.29, 0.717) is 6.54 Å². The minimum atomic E-state index is -0.0642. The average Bonchev–Trinajstić information content (AvgIpc) is 3.18. The highest BCUT2D eigenvalue weighted by atomic mass is 35.5. The molecule has 1 atom stereocenters. The predicted octanol–water partition coefficient (Wildman–Crippen LogP) is 3.21. The Bertz CT molecular complexity index is 610. The van der Waals surface area contributed by atoms with Gasteiger partial charge in [0.1, 0.15) is 5.76 Å². The van der Waals surface area contributed by atoms with Crippen LogP contribution in [-0.4, -0.2) is 23.4 Å². The van der Waals surface area contributed by atoms with E-state index in [2.05, 4.69) is 10.2 Å². The van der Waals surface area contributed by atoms with E-state index in [1.165, 1.54) is 5.56 Å². The molecule has 1 unspecified atom stereocenters. The van der Waals surface area contributed by atoms with Gasteiger partial charge in [-0.15, -0.1) is 0 Å². The monoisotopic (exact) mass is 318 g/mol. The van der Waals surface area contributed by atoms with Crippen LogP contribution in [-0.2, 0) is 17.9 Å². The molecule has 1 aliphatic heterocycles. The van der Waals surface area contributed by atoms with Crippen LogP contribution in [0.25, 0.3) is 0 Å². The number of furan rings is 1. The lowest BCUT2D eigenvalue weighted by molar-refractivity contribution is -0.125. The maximum atomic E-state index is 12.4. The van der Waals surface area contributed by atoms with E-state index in [9.17, 15) is 4.79 Å². The summed E-state index contributed by atoms with van der Waals surface area (Å²) >= 11 is 5.91. The SMILES string of the molecule is O=C(NCc1ccco1)C1CCCN1Cc1ccc(Cl)cc1. The van der Waals surface area contributed by atoms with Crippen LogP contribution in [0.2, 0.25) is 5.02 Å². The highest BCUT2D eigenvalue weighted by Gasteiger charge is 2.30. The van der Waals surface area contributed by atoms with Crippen molar-refractivity contribution in [1.82, 2.24) is 10.2 Å². The summed E-state index contributed by atoms with van der Waals surface area (Å²) in [6.45, 7) is 2.16. The van der Waals surface area contributed by atoms with Gasteiger partial charge in [-0.25, -0.2) is 0 Å². The number of hydrogen-bond donors (Lipinski definition) is 1. The Hall–Kier alpha value is -1.78. The molecular formula is C17H19ClN2O2. The Balaban J connectivity index is 1.57. The Labute approximate surface area is 135 Å². The molecule has 2 heterocycles.